The summed E-state index contributed by atoms with van der Waals surface area (Å²) in [7, 11) is 1.07. The number of fused-ring (bicyclic) bond motifs is 1. The Balaban J connectivity index is 2.63. The largest absolute Gasteiger partial charge is 0.506 e. The number of aromatic hydroxyl groups is 1. The second-order valence-electron chi connectivity index (χ2n) is 6.50. The molecule has 0 fully saturated rings. The molecule has 7 nitrogen and oxygen atoms in total. The van der Waals surface area contributed by atoms with E-state index in [-0.39, 0.29) is 17.0 Å². The number of halogens is 2. The second kappa shape index (κ2) is 7.20. The first-order chi connectivity index (χ1) is 13.2. The Morgan fingerprint density at radius 2 is 2.07 bits per heavy atom. The first-order valence-corrected chi connectivity index (χ1v) is 8.74. The topological polar surface area (TPSA) is 94.3 Å². The third-order valence-electron chi connectivity index (χ3n) is 4.35. The van der Waals surface area contributed by atoms with Gasteiger partial charge >= 0.3 is 5.97 Å². The summed E-state index contributed by atoms with van der Waals surface area (Å²) in [6, 6.07) is 2.61. The molecule has 0 aliphatic carbocycles. The summed E-state index contributed by atoms with van der Waals surface area (Å²) < 4.78 is 19.8. The Bertz CT molecular complexity index is 1170. The van der Waals surface area contributed by atoms with Gasteiger partial charge in [-0.3, -0.25) is 14.3 Å². The molecule has 0 amide bonds. The molecular weight excluding hydrogens is 389 g/mol. The van der Waals surface area contributed by atoms with Crippen molar-refractivity contribution in [2.45, 2.75) is 26.7 Å². The van der Waals surface area contributed by atoms with E-state index in [2.05, 4.69) is 14.7 Å². The van der Waals surface area contributed by atoms with Crippen LogP contribution in [0.4, 0.5) is 4.39 Å². The SMILES string of the molecule is COC(=O)c1c(O)c2cc(F)c(Cl)nc2n(-c2c(C)ccnc2C(C)C)c1=O. The van der Waals surface area contributed by atoms with Crippen LogP contribution in [0.1, 0.15) is 41.4 Å². The number of pyridine rings is 3. The molecule has 0 radical (unpaired) electrons. The van der Waals surface area contributed by atoms with E-state index in [1.54, 1.807) is 19.2 Å². The lowest BCUT2D eigenvalue weighted by atomic mass is 10.0. The van der Waals surface area contributed by atoms with Crippen molar-refractivity contribution in [3.8, 4) is 11.4 Å². The molecule has 9 heteroatoms. The molecule has 146 valence electrons. The van der Waals surface area contributed by atoms with E-state index in [1.165, 1.54) is 0 Å². The third kappa shape index (κ3) is 2.99. The highest BCUT2D eigenvalue weighted by molar-refractivity contribution is 6.30. The number of ether oxygens (including phenoxy) is 1. The van der Waals surface area contributed by atoms with Gasteiger partial charge in [-0.25, -0.2) is 14.2 Å². The summed E-state index contributed by atoms with van der Waals surface area (Å²) in [5.41, 5.74) is 0.0203. The van der Waals surface area contributed by atoms with E-state index in [4.69, 9.17) is 11.6 Å². The van der Waals surface area contributed by atoms with Crippen LogP contribution in [-0.4, -0.2) is 32.7 Å². The lowest BCUT2D eigenvalue weighted by molar-refractivity contribution is 0.0595. The van der Waals surface area contributed by atoms with Crippen molar-refractivity contribution in [1.82, 2.24) is 14.5 Å². The molecule has 0 unspecified atom stereocenters. The van der Waals surface area contributed by atoms with Gasteiger partial charge in [0.25, 0.3) is 5.56 Å². The molecule has 0 bridgehead atoms. The number of nitrogens with zero attached hydrogens (tertiary/aromatic N) is 3. The first kappa shape index (κ1) is 19.8. The number of carbonyl (C=O) groups excluding carboxylic acids is 1. The number of rotatable bonds is 3. The minimum Gasteiger partial charge on any atom is -0.506 e. The van der Waals surface area contributed by atoms with Crippen molar-refractivity contribution in [3.05, 3.63) is 56.5 Å². The van der Waals surface area contributed by atoms with Crippen LogP contribution in [0.15, 0.2) is 23.1 Å². The fourth-order valence-corrected chi connectivity index (χ4v) is 3.16. The van der Waals surface area contributed by atoms with Crippen molar-refractivity contribution >= 4 is 28.6 Å². The molecule has 1 N–H and O–H groups in total. The van der Waals surface area contributed by atoms with Crippen LogP contribution in [0.25, 0.3) is 16.7 Å². The summed E-state index contributed by atoms with van der Waals surface area (Å²) in [5, 5.41) is 9.86. The maximum absolute atomic E-state index is 14.0. The first-order valence-electron chi connectivity index (χ1n) is 8.36. The third-order valence-corrected chi connectivity index (χ3v) is 4.61. The highest BCUT2D eigenvalue weighted by atomic mass is 35.5. The van der Waals surface area contributed by atoms with Crippen LogP contribution in [0.3, 0.4) is 0 Å². The number of esters is 1. The average Bonchev–Trinajstić information content (AvgIpc) is 2.64. The van der Waals surface area contributed by atoms with Crippen molar-refractivity contribution in [3.63, 3.8) is 0 Å². The van der Waals surface area contributed by atoms with Gasteiger partial charge < -0.3 is 9.84 Å². The Morgan fingerprint density at radius 3 is 2.68 bits per heavy atom. The molecule has 3 heterocycles. The maximum atomic E-state index is 14.0. The number of aromatic nitrogens is 3. The van der Waals surface area contributed by atoms with E-state index < -0.39 is 33.8 Å². The van der Waals surface area contributed by atoms with Gasteiger partial charge in [0.2, 0.25) is 0 Å². The van der Waals surface area contributed by atoms with Crippen molar-refractivity contribution in [2.24, 2.45) is 0 Å². The zero-order valence-corrected chi connectivity index (χ0v) is 16.3. The van der Waals surface area contributed by atoms with Crippen molar-refractivity contribution < 1.29 is 19.0 Å². The molecule has 0 atom stereocenters. The van der Waals surface area contributed by atoms with Gasteiger partial charge in [-0.2, -0.15) is 0 Å². The number of hydrogen-bond donors (Lipinski definition) is 1. The van der Waals surface area contributed by atoms with Crippen molar-refractivity contribution in [2.75, 3.05) is 7.11 Å². The molecular formula is C19H17ClFN3O4. The highest BCUT2D eigenvalue weighted by Gasteiger charge is 2.27. The number of aryl methyl sites for hydroxylation is 1. The smallest absolute Gasteiger partial charge is 0.347 e. The minimum atomic E-state index is -1.05. The molecule has 0 spiro atoms. The Kier molecular flexibility index (Phi) is 5.08. The lowest BCUT2D eigenvalue weighted by Gasteiger charge is -2.19. The normalized spacial score (nSPS) is 11.2. The van der Waals surface area contributed by atoms with Crippen LogP contribution in [0.2, 0.25) is 5.15 Å². The van der Waals surface area contributed by atoms with Gasteiger partial charge in [0.05, 0.1) is 23.9 Å². The maximum Gasteiger partial charge on any atom is 0.347 e. The summed E-state index contributed by atoms with van der Waals surface area (Å²) in [4.78, 5) is 33.7. The van der Waals surface area contributed by atoms with Gasteiger partial charge in [0.15, 0.2) is 22.2 Å². The molecule has 28 heavy (non-hydrogen) atoms. The number of carbonyl (C=O) groups is 1. The lowest BCUT2D eigenvalue weighted by Crippen LogP contribution is -2.28. The monoisotopic (exact) mass is 405 g/mol. The predicted molar refractivity (Wildman–Crippen MR) is 102 cm³/mol. The zero-order valence-electron chi connectivity index (χ0n) is 15.6. The highest BCUT2D eigenvalue weighted by Crippen LogP contribution is 2.32. The minimum absolute atomic E-state index is 0.0804. The van der Waals surface area contributed by atoms with E-state index in [1.807, 2.05) is 13.8 Å². The summed E-state index contributed by atoms with van der Waals surface area (Å²) in [6.45, 7) is 5.54. The predicted octanol–water partition coefficient (Wildman–Crippen LogP) is 3.50. The van der Waals surface area contributed by atoms with Crippen molar-refractivity contribution in [1.29, 1.82) is 0 Å². The average molecular weight is 406 g/mol. The summed E-state index contributed by atoms with van der Waals surface area (Å²) in [5.74, 6) is -2.76. The molecule has 0 aliphatic rings. The van der Waals surface area contributed by atoms with Crippen LogP contribution >= 0.6 is 11.6 Å². The van der Waals surface area contributed by atoms with Gasteiger partial charge in [-0.1, -0.05) is 25.4 Å². The molecule has 3 aromatic heterocycles. The summed E-state index contributed by atoms with van der Waals surface area (Å²) in [6.07, 6.45) is 1.60. The van der Waals surface area contributed by atoms with E-state index >= 15 is 0 Å². The molecule has 0 saturated carbocycles. The molecule has 0 aromatic carbocycles. The Morgan fingerprint density at radius 1 is 1.39 bits per heavy atom. The molecule has 3 rings (SSSR count). The summed E-state index contributed by atoms with van der Waals surface area (Å²) >= 11 is 5.83. The van der Waals surface area contributed by atoms with Crippen LogP contribution in [0.5, 0.6) is 5.75 Å². The van der Waals surface area contributed by atoms with Crippen LogP contribution < -0.4 is 5.56 Å². The van der Waals surface area contributed by atoms with Gasteiger partial charge in [-0.05, 0) is 30.5 Å². The van der Waals surface area contributed by atoms with E-state index in [0.29, 0.717) is 16.9 Å². The fraction of sp³-hybridized carbons (Fsp3) is 0.263. The van der Waals surface area contributed by atoms with Gasteiger partial charge in [0.1, 0.15) is 5.75 Å². The Labute approximate surface area is 164 Å². The number of methoxy groups -OCH3 is 1. The zero-order chi connectivity index (χ0) is 20.7. The molecule has 3 aromatic rings. The quantitative estimate of drug-likeness (QED) is 0.529. The second-order valence-corrected chi connectivity index (χ2v) is 6.86. The van der Waals surface area contributed by atoms with Gasteiger partial charge in [0, 0.05) is 6.20 Å². The van der Waals surface area contributed by atoms with Gasteiger partial charge in [-0.15, -0.1) is 0 Å². The number of hydrogen-bond acceptors (Lipinski definition) is 6. The fourth-order valence-electron chi connectivity index (χ4n) is 3.02. The standard InChI is InChI=1S/C19H17ClFN3O4/c1-8(2)13-14(9(3)5-6-22-13)24-17-10(7-11(21)16(20)23-17)15(25)12(18(24)26)19(27)28-4/h5-8,25H,1-4H3. The van der Waals surface area contributed by atoms with Crippen LogP contribution in [0, 0.1) is 12.7 Å². The molecule has 0 aliphatic heterocycles. The van der Waals surface area contributed by atoms with E-state index in [9.17, 15) is 19.1 Å². The van der Waals surface area contributed by atoms with Crippen LogP contribution in [-0.2, 0) is 4.74 Å². The van der Waals surface area contributed by atoms with E-state index in [0.717, 1.165) is 17.7 Å². The Hall–Kier alpha value is -3.00. The molecule has 0 saturated heterocycles.